The third-order valence-corrected chi connectivity index (χ3v) is 6.63. The second kappa shape index (κ2) is 6.55. The average molecular weight is 380 g/mol. The van der Waals surface area contributed by atoms with Gasteiger partial charge in [-0.05, 0) is 50.3 Å². The molecular formula is C26H25N3. The van der Waals surface area contributed by atoms with Crippen molar-refractivity contribution in [3.63, 3.8) is 0 Å². The van der Waals surface area contributed by atoms with Crippen molar-refractivity contribution < 1.29 is 0 Å². The van der Waals surface area contributed by atoms with Crippen LogP contribution >= 0.6 is 0 Å². The molecule has 1 aliphatic carbocycles. The molecular weight excluding hydrogens is 354 g/mol. The molecule has 1 unspecified atom stereocenters. The zero-order valence-electron chi connectivity index (χ0n) is 16.8. The molecule has 1 atom stereocenters. The number of hydrogen-bond acceptors (Lipinski definition) is 2. The molecule has 3 heterocycles. The van der Waals surface area contributed by atoms with Crippen LogP contribution in [0.2, 0.25) is 0 Å². The van der Waals surface area contributed by atoms with Crippen molar-refractivity contribution >= 4 is 10.9 Å². The SMILES string of the molecule is Cc1ccc2c(c1)c(-c1cnc(C3CC3)nc1)c1n2CC(c2ccccc2)CC1. The zero-order chi connectivity index (χ0) is 19.4. The number of aryl methyl sites for hydroxylation is 1. The van der Waals surface area contributed by atoms with Gasteiger partial charge in [-0.2, -0.15) is 0 Å². The zero-order valence-corrected chi connectivity index (χ0v) is 16.8. The molecule has 0 amide bonds. The maximum Gasteiger partial charge on any atom is 0.131 e. The first-order valence-corrected chi connectivity index (χ1v) is 10.8. The minimum Gasteiger partial charge on any atom is -0.343 e. The largest absolute Gasteiger partial charge is 0.343 e. The van der Waals surface area contributed by atoms with Gasteiger partial charge in [-0.15, -0.1) is 0 Å². The van der Waals surface area contributed by atoms with Gasteiger partial charge in [0.2, 0.25) is 0 Å². The quantitative estimate of drug-likeness (QED) is 0.436. The van der Waals surface area contributed by atoms with Crippen LogP contribution in [0, 0.1) is 6.92 Å². The smallest absolute Gasteiger partial charge is 0.131 e. The highest BCUT2D eigenvalue weighted by Gasteiger charge is 2.28. The summed E-state index contributed by atoms with van der Waals surface area (Å²) in [7, 11) is 0. The average Bonchev–Trinajstić information content (AvgIpc) is 3.57. The van der Waals surface area contributed by atoms with Gasteiger partial charge in [0.1, 0.15) is 5.82 Å². The van der Waals surface area contributed by atoms with E-state index in [4.69, 9.17) is 9.97 Å². The predicted molar refractivity (Wildman–Crippen MR) is 117 cm³/mol. The third-order valence-electron chi connectivity index (χ3n) is 6.63. The van der Waals surface area contributed by atoms with Crippen molar-refractivity contribution in [2.75, 3.05) is 0 Å². The van der Waals surface area contributed by atoms with Gasteiger partial charge in [-0.3, -0.25) is 0 Å². The highest BCUT2D eigenvalue weighted by molar-refractivity contribution is 5.98. The second-order valence-corrected chi connectivity index (χ2v) is 8.70. The molecule has 0 N–H and O–H groups in total. The summed E-state index contributed by atoms with van der Waals surface area (Å²) in [5.41, 5.74) is 8.05. The minimum atomic E-state index is 0.571. The predicted octanol–water partition coefficient (Wildman–Crippen LogP) is 6.01. The lowest BCUT2D eigenvalue weighted by Crippen LogP contribution is -2.18. The first-order valence-electron chi connectivity index (χ1n) is 10.8. The van der Waals surface area contributed by atoms with E-state index >= 15 is 0 Å². The Labute approximate surface area is 171 Å². The van der Waals surface area contributed by atoms with Crippen LogP contribution in [-0.4, -0.2) is 14.5 Å². The van der Waals surface area contributed by atoms with Crippen molar-refractivity contribution in [1.82, 2.24) is 14.5 Å². The molecule has 6 rings (SSSR count). The Morgan fingerprint density at radius 2 is 1.69 bits per heavy atom. The van der Waals surface area contributed by atoms with Crippen molar-refractivity contribution in [2.24, 2.45) is 0 Å². The minimum absolute atomic E-state index is 0.571. The van der Waals surface area contributed by atoms with E-state index in [0.717, 1.165) is 24.4 Å². The Morgan fingerprint density at radius 3 is 2.45 bits per heavy atom. The topological polar surface area (TPSA) is 30.7 Å². The number of fused-ring (bicyclic) bond motifs is 3. The van der Waals surface area contributed by atoms with E-state index in [1.807, 2.05) is 0 Å². The number of benzene rings is 2. The molecule has 0 radical (unpaired) electrons. The summed E-state index contributed by atoms with van der Waals surface area (Å²) >= 11 is 0. The summed E-state index contributed by atoms with van der Waals surface area (Å²) in [5.74, 6) is 2.19. The van der Waals surface area contributed by atoms with Gasteiger partial charge in [0.15, 0.2) is 0 Å². The van der Waals surface area contributed by atoms with Crippen molar-refractivity contribution in [1.29, 1.82) is 0 Å². The third kappa shape index (κ3) is 2.88. The highest BCUT2D eigenvalue weighted by atomic mass is 15.0. The van der Waals surface area contributed by atoms with Gasteiger partial charge >= 0.3 is 0 Å². The molecule has 1 fully saturated rings. The summed E-state index contributed by atoms with van der Waals surface area (Å²) in [6, 6.07) is 17.8. The van der Waals surface area contributed by atoms with Crippen LogP contribution in [0.5, 0.6) is 0 Å². The molecule has 1 aliphatic heterocycles. The lowest BCUT2D eigenvalue weighted by Gasteiger charge is -2.26. The van der Waals surface area contributed by atoms with Crippen LogP contribution in [-0.2, 0) is 13.0 Å². The molecule has 0 saturated heterocycles. The molecule has 2 aromatic carbocycles. The van der Waals surface area contributed by atoms with Crippen LogP contribution in [0.3, 0.4) is 0 Å². The molecule has 2 aliphatic rings. The van der Waals surface area contributed by atoms with Gasteiger partial charge in [0.25, 0.3) is 0 Å². The monoisotopic (exact) mass is 379 g/mol. The van der Waals surface area contributed by atoms with Crippen LogP contribution in [0.4, 0.5) is 0 Å². The van der Waals surface area contributed by atoms with E-state index in [1.165, 1.54) is 52.5 Å². The summed E-state index contributed by atoms with van der Waals surface area (Å²) in [6.07, 6.45) is 8.87. The molecule has 3 nitrogen and oxygen atoms in total. The Morgan fingerprint density at radius 1 is 0.897 bits per heavy atom. The molecule has 0 spiro atoms. The number of aromatic nitrogens is 3. The Bertz CT molecular complexity index is 1180. The first-order chi connectivity index (χ1) is 14.3. The fraction of sp³-hybridized carbons (Fsp3) is 0.308. The van der Waals surface area contributed by atoms with E-state index in [9.17, 15) is 0 Å². The molecule has 29 heavy (non-hydrogen) atoms. The van der Waals surface area contributed by atoms with Crippen LogP contribution < -0.4 is 0 Å². The lowest BCUT2D eigenvalue weighted by molar-refractivity contribution is 0.474. The van der Waals surface area contributed by atoms with Crippen molar-refractivity contribution in [3.8, 4) is 11.1 Å². The van der Waals surface area contributed by atoms with E-state index in [0.29, 0.717) is 11.8 Å². The van der Waals surface area contributed by atoms with Gasteiger partial charge < -0.3 is 4.57 Å². The van der Waals surface area contributed by atoms with Gasteiger partial charge in [0, 0.05) is 58.5 Å². The van der Waals surface area contributed by atoms with E-state index in [2.05, 4.69) is 72.4 Å². The summed E-state index contributed by atoms with van der Waals surface area (Å²) in [4.78, 5) is 9.43. The number of hydrogen-bond donors (Lipinski definition) is 0. The standard InChI is InChI=1S/C26H25N3/c1-17-7-11-23-22(13-17)25(21-14-27-26(28-15-21)19-8-9-19)24-12-10-20(16-29(23)24)18-5-3-2-4-6-18/h2-7,11,13-15,19-20H,8-10,12,16H2,1H3. The summed E-state index contributed by atoms with van der Waals surface area (Å²) < 4.78 is 2.56. The molecule has 3 heteroatoms. The molecule has 0 bridgehead atoms. The Hall–Kier alpha value is -2.94. The Balaban J connectivity index is 1.49. The van der Waals surface area contributed by atoms with Crippen LogP contribution in [0.1, 0.15) is 53.7 Å². The van der Waals surface area contributed by atoms with Crippen LogP contribution in [0.25, 0.3) is 22.0 Å². The van der Waals surface area contributed by atoms with Gasteiger partial charge in [0.05, 0.1) is 0 Å². The fourth-order valence-electron chi connectivity index (χ4n) is 4.95. The van der Waals surface area contributed by atoms with Gasteiger partial charge in [-0.1, -0.05) is 42.0 Å². The van der Waals surface area contributed by atoms with Crippen molar-refractivity contribution in [3.05, 3.63) is 83.6 Å². The number of rotatable bonds is 3. The van der Waals surface area contributed by atoms with E-state index in [1.54, 1.807) is 0 Å². The van der Waals surface area contributed by atoms with Crippen molar-refractivity contribution in [2.45, 2.75) is 51.0 Å². The normalized spacial score (nSPS) is 18.7. The molecule has 1 saturated carbocycles. The maximum absolute atomic E-state index is 4.72. The highest BCUT2D eigenvalue weighted by Crippen LogP contribution is 2.42. The maximum atomic E-state index is 4.72. The Kier molecular flexibility index (Phi) is 3.83. The molecule has 4 aromatic rings. The van der Waals surface area contributed by atoms with E-state index in [-0.39, 0.29) is 0 Å². The number of nitrogens with zero attached hydrogens (tertiary/aromatic N) is 3. The molecule has 144 valence electrons. The van der Waals surface area contributed by atoms with Crippen LogP contribution in [0.15, 0.2) is 60.9 Å². The lowest BCUT2D eigenvalue weighted by atomic mass is 9.89. The summed E-state index contributed by atoms with van der Waals surface area (Å²) in [6.45, 7) is 3.22. The van der Waals surface area contributed by atoms with Gasteiger partial charge in [-0.25, -0.2) is 9.97 Å². The van der Waals surface area contributed by atoms with E-state index < -0.39 is 0 Å². The fourth-order valence-corrected chi connectivity index (χ4v) is 4.95. The molecule has 2 aromatic heterocycles. The second-order valence-electron chi connectivity index (χ2n) is 8.70. The first kappa shape index (κ1) is 17.0. The summed E-state index contributed by atoms with van der Waals surface area (Å²) in [5, 5.41) is 1.34.